The van der Waals surface area contributed by atoms with E-state index in [-0.39, 0.29) is 28.9 Å². The summed E-state index contributed by atoms with van der Waals surface area (Å²) in [6.07, 6.45) is 9.55. The molecule has 12 heteroatoms. The van der Waals surface area contributed by atoms with Crippen LogP contribution in [0.1, 0.15) is 61.0 Å². The van der Waals surface area contributed by atoms with E-state index in [9.17, 15) is 13.2 Å². The molecule has 10 nitrogen and oxygen atoms in total. The number of carbonyl (C=O) groups excluding carboxylic acids is 1. The van der Waals surface area contributed by atoms with E-state index < -0.39 is 21.5 Å². The first-order valence-electron chi connectivity index (χ1n) is 19.6. The van der Waals surface area contributed by atoms with Crippen molar-refractivity contribution < 1.29 is 27.4 Å². The summed E-state index contributed by atoms with van der Waals surface area (Å²) < 4.78 is 48.6. The molecule has 1 amide bonds. The molecular weight excluding hydrogens is 712 g/mol. The van der Waals surface area contributed by atoms with Crippen molar-refractivity contribution in [3.63, 3.8) is 0 Å². The molecule has 4 heterocycles. The smallest absolute Gasteiger partial charge is 0.264 e. The summed E-state index contributed by atoms with van der Waals surface area (Å²) in [6, 6.07) is 12.0. The number of allylic oxidation sites excluding steroid dienone is 1. The molecule has 2 saturated heterocycles. The van der Waals surface area contributed by atoms with E-state index in [0.29, 0.717) is 29.9 Å². The summed E-state index contributed by atoms with van der Waals surface area (Å²) in [7, 11) is -2.06. The van der Waals surface area contributed by atoms with Gasteiger partial charge in [-0.2, -0.15) is 0 Å². The van der Waals surface area contributed by atoms with Gasteiger partial charge in [-0.25, -0.2) is 13.1 Å². The minimum atomic E-state index is -3.91. The molecular formula is C41H55ClN4O6S. The average molecular weight is 767 g/mol. The zero-order chi connectivity index (χ0) is 37.0. The second-order valence-corrected chi connectivity index (χ2v) is 19.0. The second-order valence-electron chi connectivity index (χ2n) is 16.8. The van der Waals surface area contributed by atoms with Crippen molar-refractivity contribution in [2.75, 3.05) is 83.4 Å². The first kappa shape index (κ1) is 37.3. The highest BCUT2D eigenvalue weighted by molar-refractivity contribution is 7.90. The van der Waals surface area contributed by atoms with Crippen molar-refractivity contribution in [2.24, 2.45) is 23.7 Å². The number of ether oxygens (including phenoxy) is 3. The molecule has 8 rings (SSSR count). The van der Waals surface area contributed by atoms with Crippen LogP contribution in [0, 0.1) is 23.7 Å². The van der Waals surface area contributed by atoms with E-state index in [0.717, 1.165) is 102 Å². The van der Waals surface area contributed by atoms with Gasteiger partial charge in [-0.1, -0.05) is 43.7 Å². The SMILES string of the molecule is CO[C@]1(CN2CCN3CCOC[C@@H]3C2)/C=C\[C@H](C)[C@H](C)CS(=O)(=O)NC(=O)c2ccc3c(c2)N(C[C@@H]2CC[C@H]21)C[C@@]1(CCCc2cc(Cl)ccc21)CO3. The number of aryl methyl sites for hydroxylation is 1. The number of anilines is 1. The molecule has 2 bridgehead atoms. The fourth-order valence-electron chi connectivity index (χ4n) is 10.1. The maximum Gasteiger partial charge on any atom is 0.264 e. The fraction of sp³-hybridized carbons (Fsp3) is 0.634. The van der Waals surface area contributed by atoms with Gasteiger partial charge in [-0.15, -0.1) is 0 Å². The molecule has 7 atom stereocenters. The summed E-state index contributed by atoms with van der Waals surface area (Å²) in [5.41, 5.74) is 2.87. The maximum atomic E-state index is 13.6. The highest BCUT2D eigenvalue weighted by Crippen LogP contribution is 2.49. The Hall–Kier alpha value is -2.67. The lowest BCUT2D eigenvalue weighted by atomic mass is 9.63. The van der Waals surface area contributed by atoms with E-state index in [4.69, 9.17) is 25.8 Å². The van der Waals surface area contributed by atoms with Crippen molar-refractivity contribution in [3.8, 4) is 5.75 Å². The fourth-order valence-corrected chi connectivity index (χ4v) is 11.8. The van der Waals surface area contributed by atoms with Crippen LogP contribution < -0.4 is 14.4 Å². The number of methoxy groups -OCH3 is 1. The van der Waals surface area contributed by atoms with Crippen molar-refractivity contribution in [3.05, 3.63) is 70.3 Å². The molecule has 288 valence electrons. The Kier molecular flexibility index (Phi) is 10.4. The molecule has 3 fully saturated rings. The number of sulfonamides is 1. The van der Waals surface area contributed by atoms with E-state index in [2.05, 4.69) is 50.6 Å². The van der Waals surface area contributed by atoms with Crippen LogP contribution in [0.3, 0.4) is 0 Å². The minimum absolute atomic E-state index is 0.0559. The Balaban J connectivity index is 1.19. The lowest BCUT2D eigenvalue weighted by molar-refractivity contribution is -0.108. The topological polar surface area (TPSA) is 101 Å². The number of hydrogen-bond donors (Lipinski definition) is 1. The Labute approximate surface area is 320 Å². The molecule has 0 aromatic heterocycles. The van der Waals surface area contributed by atoms with Crippen molar-refractivity contribution in [2.45, 2.75) is 63.0 Å². The number of piperazine rings is 1. The molecule has 4 aliphatic heterocycles. The number of halogens is 1. The Morgan fingerprint density at radius 2 is 1.94 bits per heavy atom. The van der Waals surface area contributed by atoms with Crippen LogP contribution in [-0.4, -0.2) is 114 Å². The number of rotatable bonds is 3. The van der Waals surface area contributed by atoms with Crippen molar-refractivity contribution in [1.82, 2.24) is 14.5 Å². The predicted molar refractivity (Wildman–Crippen MR) is 208 cm³/mol. The number of nitrogens with zero attached hydrogens (tertiary/aromatic N) is 3. The number of morpholine rings is 1. The van der Waals surface area contributed by atoms with Gasteiger partial charge in [0.1, 0.15) is 11.4 Å². The number of hydrogen-bond acceptors (Lipinski definition) is 9. The lowest BCUT2D eigenvalue weighted by Crippen LogP contribution is -2.62. The van der Waals surface area contributed by atoms with Gasteiger partial charge < -0.3 is 19.1 Å². The molecule has 53 heavy (non-hydrogen) atoms. The summed E-state index contributed by atoms with van der Waals surface area (Å²) in [5, 5.41) is 0.747. The number of benzene rings is 2. The van der Waals surface area contributed by atoms with E-state index in [1.807, 2.05) is 32.2 Å². The van der Waals surface area contributed by atoms with Crippen LogP contribution in [0.25, 0.3) is 0 Å². The predicted octanol–water partition coefficient (Wildman–Crippen LogP) is 5.14. The molecule has 2 aromatic rings. The first-order valence-corrected chi connectivity index (χ1v) is 21.6. The van der Waals surface area contributed by atoms with Crippen LogP contribution in [-0.2, 0) is 31.3 Å². The van der Waals surface area contributed by atoms with E-state index in [1.165, 1.54) is 11.1 Å². The van der Waals surface area contributed by atoms with Crippen LogP contribution in [0.15, 0.2) is 48.6 Å². The summed E-state index contributed by atoms with van der Waals surface area (Å²) >= 11 is 6.51. The van der Waals surface area contributed by atoms with Crippen LogP contribution >= 0.6 is 11.6 Å². The highest BCUT2D eigenvalue weighted by atomic mass is 35.5. The monoisotopic (exact) mass is 766 g/mol. The Morgan fingerprint density at radius 3 is 2.75 bits per heavy atom. The molecule has 6 aliphatic rings. The first-order chi connectivity index (χ1) is 25.5. The molecule has 1 saturated carbocycles. The van der Waals surface area contributed by atoms with Crippen LogP contribution in [0.4, 0.5) is 5.69 Å². The zero-order valence-electron chi connectivity index (χ0n) is 31.4. The standard InChI is InChI=1S/C41H55ClN4O6S/c1-28-12-14-41(50-3,26-44-15-16-45-17-18-51-23-34(45)22-44)36-9-6-32(36)21-46-25-40(13-4-5-30-19-33(42)8-10-35(30)40)27-52-38-11-7-31(20-37(38)46)39(47)43-53(48,49)24-29(28)2/h7-8,10-12,14,19-20,28-29,32,34,36H,4-6,9,13,15-18,21-27H2,1-3H3,(H,43,47)/b14-12-/t28-,29+,32-,34-,36+,40-,41-/m0/s1. The second kappa shape index (κ2) is 14.8. The number of carbonyl (C=O) groups is 1. The molecule has 2 aromatic carbocycles. The maximum absolute atomic E-state index is 13.6. The normalized spacial score (nSPS) is 35.4. The van der Waals surface area contributed by atoms with Gasteiger partial charge in [-0.3, -0.25) is 14.6 Å². The molecule has 1 spiro atoms. The molecule has 2 aliphatic carbocycles. The third-order valence-electron chi connectivity index (χ3n) is 13.5. The van der Waals surface area contributed by atoms with Gasteiger partial charge in [0.25, 0.3) is 5.91 Å². The van der Waals surface area contributed by atoms with Crippen LogP contribution in [0.2, 0.25) is 5.02 Å². The van der Waals surface area contributed by atoms with E-state index in [1.54, 1.807) is 6.07 Å². The Bertz CT molecular complexity index is 1840. The van der Waals surface area contributed by atoms with Crippen LogP contribution in [0.5, 0.6) is 5.75 Å². The van der Waals surface area contributed by atoms with Gasteiger partial charge in [0.05, 0.1) is 31.3 Å². The molecule has 1 N–H and O–H groups in total. The van der Waals surface area contributed by atoms with Gasteiger partial charge in [0.15, 0.2) is 0 Å². The van der Waals surface area contributed by atoms with E-state index >= 15 is 0 Å². The van der Waals surface area contributed by atoms with Crippen molar-refractivity contribution in [1.29, 1.82) is 0 Å². The number of nitrogens with one attached hydrogen (secondary N) is 1. The quantitative estimate of drug-likeness (QED) is 0.426. The minimum Gasteiger partial charge on any atom is -0.490 e. The summed E-state index contributed by atoms with van der Waals surface area (Å²) in [6.45, 7) is 12.2. The average Bonchev–Trinajstić information content (AvgIpc) is 3.27. The van der Waals surface area contributed by atoms with Gasteiger partial charge in [0.2, 0.25) is 10.0 Å². The van der Waals surface area contributed by atoms with Crippen molar-refractivity contribution >= 4 is 33.2 Å². The Morgan fingerprint density at radius 1 is 1.08 bits per heavy atom. The molecule has 0 unspecified atom stereocenters. The third-order valence-corrected chi connectivity index (χ3v) is 15.2. The molecule has 0 radical (unpaired) electrons. The highest BCUT2D eigenvalue weighted by Gasteiger charge is 2.50. The number of fused-ring (bicyclic) bond motifs is 5. The summed E-state index contributed by atoms with van der Waals surface area (Å²) in [5.74, 6) is 0.234. The number of amides is 1. The lowest BCUT2D eigenvalue weighted by Gasteiger charge is -2.53. The largest absolute Gasteiger partial charge is 0.490 e. The van der Waals surface area contributed by atoms with Gasteiger partial charge in [-0.05, 0) is 97.2 Å². The van der Waals surface area contributed by atoms with Gasteiger partial charge >= 0.3 is 0 Å². The zero-order valence-corrected chi connectivity index (χ0v) is 33.0. The third kappa shape index (κ3) is 7.38. The van der Waals surface area contributed by atoms with Gasteiger partial charge in [0, 0.05) is 75.0 Å². The summed E-state index contributed by atoms with van der Waals surface area (Å²) in [4.78, 5) is 21.2.